The third kappa shape index (κ3) is 5.28. The summed E-state index contributed by atoms with van der Waals surface area (Å²) in [5, 5.41) is 11.6. The SMILES string of the molecule is C=C1[CH]C=CC=C1N=C([O-])C(C)(C)C.[Li+].[Li]. The van der Waals surface area contributed by atoms with E-state index in [2.05, 4.69) is 11.6 Å². The number of aliphatic imine (C=N–C) groups is 1. The van der Waals surface area contributed by atoms with Crippen LogP contribution in [0.4, 0.5) is 0 Å². The van der Waals surface area contributed by atoms with E-state index in [4.69, 9.17) is 0 Å². The Balaban J connectivity index is 0. The first-order chi connectivity index (χ1) is 6.41. The monoisotopic (exact) mass is 203 g/mol. The first-order valence-electron chi connectivity index (χ1n) is 4.58. The van der Waals surface area contributed by atoms with Crippen molar-refractivity contribution in [3.63, 3.8) is 0 Å². The molecule has 1 rings (SSSR count). The number of nitrogens with zero attached hydrogens (tertiary/aromatic N) is 1. The Morgan fingerprint density at radius 2 is 1.88 bits per heavy atom. The molecule has 0 fully saturated rings. The van der Waals surface area contributed by atoms with Crippen molar-refractivity contribution >= 4 is 24.8 Å². The normalized spacial score (nSPS) is 16.1. The van der Waals surface area contributed by atoms with Gasteiger partial charge in [0.25, 0.3) is 0 Å². The van der Waals surface area contributed by atoms with Gasteiger partial charge in [-0.1, -0.05) is 39.5 Å². The van der Waals surface area contributed by atoms with E-state index >= 15 is 0 Å². The van der Waals surface area contributed by atoms with Gasteiger partial charge in [-0.15, -0.1) is 0 Å². The largest absolute Gasteiger partial charge is 1.00 e. The van der Waals surface area contributed by atoms with E-state index in [1.54, 1.807) is 6.08 Å². The van der Waals surface area contributed by atoms with Crippen LogP contribution < -0.4 is 24.0 Å². The summed E-state index contributed by atoms with van der Waals surface area (Å²) in [5.74, 6) is -0.117. The number of allylic oxidation sites excluding steroid dienone is 4. The zero-order valence-electron chi connectivity index (χ0n) is 10.9. The third-order valence-corrected chi connectivity index (χ3v) is 1.86. The van der Waals surface area contributed by atoms with Crippen molar-refractivity contribution in [1.29, 1.82) is 0 Å². The van der Waals surface area contributed by atoms with Crippen molar-refractivity contribution in [2.45, 2.75) is 20.8 Å². The zero-order valence-corrected chi connectivity index (χ0v) is 10.9. The smallest absolute Gasteiger partial charge is 0.861 e. The summed E-state index contributed by atoms with van der Waals surface area (Å²) in [6.45, 7) is 9.36. The van der Waals surface area contributed by atoms with Gasteiger partial charge in [0.1, 0.15) is 0 Å². The van der Waals surface area contributed by atoms with Crippen molar-refractivity contribution in [1.82, 2.24) is 0 Å². The third-order valence-electron chi connectivity index (χ3n) is 1.86. The molecule has 2 radical (unpaired) electrons. The van der Waals surface area contributed by atoms with E-state index in [1.807, 2.05) is 39.3 Å². The Hall–Kier alpha value is -0.115. The first-order valence-corrected chi connectivity index (χ1v) is 4.58. The van der Waals surface area contributed by atoms with Crippen LogP contribution in [0, 0.1) is 11.8 Å². The first kappa shape index (κ1) is 18.3. The van der Waals surface area contributed by atoms with Crippen LogP contribution in [0.25, 0.3) is 0 Å². The van der Waals surface area contributed by atoms with Crippen LogP contribution in [-0.4, -0.2) is 24.8 Å². The van der Waals surface area contributed by atoms with Gasteiger partial charge in [0.2, 0.25) is 0 Å². The average Bonchev–Trinajstić information content (AvgIpc) is 2.07. The van der Waals surface area contributed by atoms with Crippen molar-refractivity contribution in [3.05, 3.63) is 42.5 Å². The second kappa shape index (κ2) is 7.26. The maximum absolute atomic E-state index is 11.6. The van der Waals surface area contributed by atoms with Gasteiger partial charge in [-0.05, 0) is 23.0 Å². The van der Waals surface area contributed by atoms with Gasteiger partial charge >= 0.3 is 18.9 Å². The summed E-state index contributed by atoms with van der Waals surface area (Å²) in [7, 11) is 0. The Morgan fingerprint density at radius 1 is 1.31 bits per heavy atom. The maximum atomic E-state index is 11.6. The summed E-state index contributed by atoms with van der Waals surface area (Å²) in [6.07, 6.45) is 7.37. The van der Waals surface area contributed by atoms with Crippen LogP contribution in [0.15, 0.2) is 41.1 Å². The minimum atomic E-state index is -0.428. The van der Waals surface area contributed by atoms with Crippen molar-refractivity contribution in [2.75, 3.05) is 0 Å². The van der Waals surface area contributed by atoms with Crippen LogP contribution in [0.5, 0.6) is 0 Å². The van der Waals surface area contributed by atoms with E-state index in [0.29, 0.717) is 5.70 Å². The minimum Gasteiger partial charge on any atom is -0.861 e. The second-order valence-electron chi connectivity index (χ2n) is 4.30. The second-order valence-corrected chi connectivity index (χ2v) is 4.30. The summed E-state index contributed by atoms with van der Waals surface area (Å²) >= 11 is 0. The molecule has 0 atom stereocenters. The molecular weight excluding hydrogens is 188 g/mol. The van der Waals surface area contributed by atoms with Gasteiger partial charge in [0.05, 0.1) is 5.70 Å². The van der Waals surface area contributed by atoms with Gasteiger partial charge in [-0.25, -0.2) is 0 Å². The Bertz CT molecular complexity index is 335. The number of rotatable bonds is 1. The summed E-state index contributed by atoms with van der Waals surface area (Å²) in [6, 6.07) is 0. The fourth-order valence-electron chi connectivity index (χ4n) is 0.897. The fraction of sp³-hybridized carbons (Fsp3) is 0.333. The van der Waals surface area contributed by atoms with Gasteiger partial charge in [-0.3, -0.25) is 4.99 Å². The standard InChI is InChI=1S/C12H16NO.2Li/c1-9-7-5-6-8-10(9)13-11(14)12(2,3)4;;/h5-8H,1H2,2-4H3,(H,13,14);;/q;;+1/p-1. The van der Waals surface area contributed by atoms with Crippen LogP contribution in [-0.2, 0) is 0 Å². The quantitative estimate of drug-likeness (QED) is 0.294. The van der Waals surface area contributed by atoms with Gasteiger partial charge in [-0.2, -0.15) is 0 Å². The predicted molar refractivity (Wildman–Crippen MR) is 63.3 cm³/mol. The van der Waals surface area contributed by atoms with E-state index in [0.717, 1.165) is 5.57 Å². The molecule has 0 saturated heterocycles. The van der Waals surface area contributed by atoms with Crippen LogP contribution in [0.1, 0.15) is 20.8 Å². The predicted octanol–water partition coefficient (Wildman–Crippen LogP) is -1.37. The van der Waals surface area contributed by atoms with Gasteiger partial charge < -0.3 is 5.11 Å². The summed E-state index contributed by atoms with van der Waals surface area (Å²) in [4.78, 5) is 4.03. The van der Waals surface area contributed by atoms with Gasteiger partial charge in [0, 0.05) is 25.3 Å². The zero-order chi connectivity index (χ0) is 10.8. The molecule has 76 valence electrons. The Morgan fingerprint density at radius 3 is 2.31 bits per heavy atom. The van der Waals surface area contributed by atoms with Crippen molar-refractivity contribution in [2.24, 2.45) is 10.4 Å². The van der Waals surface area contributed by atoms with Crippen LogP contribution in [0.3, 0.4) is 0 Å². The molecule has 0 saturated carbocycles. The van der Waals surface area contributed by atoms with Gasteiger partial charge in [0.15, 0.2) is 0 Å². The van der Waals surface area contributed by atoms with E-state index in [-0.39, 0.29) is 43.6 Å². The van der Waals surface area contributed by atoms with Crippen LogP contribution >= 0.6 is 0 Å². The van der Waals surface area contributed by atoms with Crippen molar-refractivity contribution < 1.29 is 24.0 Å². The molecule has 0 unspecified atom stereocenters. The van der Waals surface area contributed by atoms with Crippen LogP contribution in [0.2, 0.25) is 0 Å². The fourth-order valence-corrected chi connectivity index (χ4v) is 0.897. The summed E-state index contributed by atoms with van der Waals surface area (Å²) < 4.78 is 0. The van der Waals surface area contributed by atoms with E-state index in [9.17, 15) is 5.11 Å². The van der Waals surface area contributed by atoms with Crippen molar-refractivity contribution in [3.8, 4) is 0 Å². The molecular formula is C12H15Li2NO. The van der Waals surface area contributed by atoms with E-state index in [1.165, 1.54) is 0 Å². The molecule has 2 nitrogen and oxygen atoms in total. The molecule has 0 aromatic carbocycles. The Kier molecular flexibility index (Phi) is 8.28. The summed E-state index contributed by atoms with van der Waals surface area (Å²) in [5.41, 5.74) is 1.01. The maximum Gasteiger partial charge on any atom is 1.00 e. The molecule has 0 amide bonds. The average molecular weight is 203 g/mol. The number of hydrogen-bond donors (Lipinski definition) is 0. The molecule has 0 aromatic heterocycles. The molecule has 0 heterocycles. The van der Waals surface area contributed by atoms with E-state index < -0.39 is 5.41 Å². The molecule has 16 heavy (non-hydrogen) atoms. The molecule has 0 aromatic rings. The molecule has 1 aliphatic carbocycles. The molecule has 0 spiro atoms. The molecule has 4 heteroatoms. The molecule has 0 aliphatic heterocycles. The topological polar surface area (TPSA) is 35.4 Å². The Labute approximate surface area is 122 Å². The molecule has 1 aliphatic rings. The molecule has 0 bridgehead atoms. The minimum absolute atomic E-state index is 0. The molecule has 0 N–H and O–H groups in total. The number of hydrogen-bond acceptors (Lipinski definition) is 2.